The summed E-state index contributed by atoms with van der Waals surface area (Å²) in [5.74, 6) is -0.217. The van der Waals surface area contributed by atoms with Crippen LogP contribution in [-0.4, -0.2) is 10.9 Å². The van der Waals surface area contributed by atoms with Gasteiger partial charge in [-0.25, -0.2) is 0 Å². The number of fused-ring (bicyclic) bond motifs is 1. The van der Waals surface area contributed by atoms with E-state index in [9.17, 15) is 4.79 Å². The van der Waals surface area contributed by atoms with Crippen molar-refractivity contribution in [2.75, 3.05) is 0 Å². The second-order valence-electron chi connectivity index (χ2n) is 8.94. The van der Waals surface area contributed by atoms with Crippen molar-refractivity contribution in [1.29, 1.82) is 0 Å². The number of hydrogen-bond acceptors (Lipinski definition) is 1. The van der Waals surface area contributed by atoms with Crippen LogP contribution in [0.2, 0.25) is 10.0 Å². The number of benzene rings is 4. The van der Waals surface area contributed by atoms with E-state index in [2.05, 4.69) is 40.6 Å². The van der Waals surface area contributed by atoms with E-state index >= 15 is 0 Å². The third kappa shape index (κ3) is 5.48. The summed E-state index contributed by atoms with van der Waals surface area (Å²) in [6.07, 6.45) is 2.98. The van der Waals surface area contributed by atoms with Crippen LogP contribution in [0.3, 0.4) is 0 Å². The molecule has 0 fully saturated rings. The van der Waals surface area contributed by atoms with E-state index < -0.39 is 0 Å². The lowest BCUT2D eigenvalue weighted by atomic mass is 9.87. The highest BCUT2D eigenvalue weighted by molar-refractivity contribution is 6.42. The van der Waals surface area contributed by atoms with E-state index in [1.54, 1.807) is 6.07 Å². The number of aromatic amines is 1. The Bertz CT molecular complexity index is 1460. The zero-order valence-corrected chi connectivity index (χ0v) is 21.1. The highest BCUT2D eigenvalue weighted by Crippen LogP contribution is 2.36. The van der Waals surface area contributed by atoms with Crippen molar-refractivity contribution in [3.05, 3.63) is 142 Å². The van der Waals surface area contributed by atoms with Crippen LogP contribution >= 0.6 is 23.2 Å². The Kier molecular flexibility index (Phi) is 7.41. The lowest BCUT2D eigenvalue weighted by Crippen LogP contribution is -2.31. The molecule has 0 aliphatic rings. The molecule has 0 spiro atoms. The number of halogens is 2. The second kappa shape index (κ2) is 11.0. The molecule has 36 heavy (non-hydrogen) atoms. The summed E-state index contributed by atoms with van der Waals surface area (Å²) in [4.78, 5) is 16.9. The number of nitrogens with one attached hydrogen (secondary N) is 2. The summed E-state index contributed by atoms with van der Waals surface area (Å²) < 4.78 is 0. The van der Waals surface area contributed by atoms with E-state index in [0.717, 1.165) is 27.6 Å². The minimum atomic E-state index is -0.191. The molecule has 0 aliphatic carbocycles. The van der Waals surface area contributed by atoms with Gasteiger partial charge in [0.2, 0.25) is 5.91 Å². The Morgan fingerprint density at radius 3 is 2.22 bits per heavy atom. The third-order valence-electron chi connectivity index (χ3n) is 6.55. The van der Waals surface area contributed by atoms with E-state index in [0.29, 0.717) is 16.5 Å². The van der Waals surface area contributed by atoms with E-state index in [4.69, 9.17) is 23.2 Å². The van der Waals surface area contributed by atoms with Crippen molar-refractivity contribution in [2.24, 2.45) is 0 Å². The Balaban J connectivity index is 1.46. The Hall–Kier alpha value is -3.53. The van der Waals surface area contributed by atoms with Crippen LogP contribution in [0.5, 0.6) is 0 Å². The predicted octanol–water partition coefficient (Wildman–Crippen LogP) is 8.10. The number of H-pyrrole nitrogens is 1. The Morgan fingerprint density at radius 2 is 1.47 bits per heavy atom. The molecule has 0 bridgehead atoms. The van der Waals surface area contributed by atoms with Gasteiger partial charge in [-0.1, -0.05) is 108 Å². The van der Waals surface area contributed by atoms with Gasteiger partial charge in [0.05, 0.1) is 16.1 Å². The van der Waals surface area contributed by atoms with Gasteiger partial charge in [-0.15, -0.1) is 0 Å². The van der Waals surface area contributed by atoms with Crippen LogP contribution in [0.25, 0.3) is 10.9 Å². The van der Waals surface area contributed by atoms with Gasteiger partial charge < -0.3 is 10.3 Å². The summed E-state index contributed by atoms with van der Waals surface area (Å²) in [6.45, 7) is 0. The molecule has 0 radical (unpaired) electrons. The highest BCUT2D eigenvalue weighted by atomic mass is 35.5. The summed E-state index contributed by atoms with van der Waals surface area (Å²) in [6, 6.07) is 33.9. The first-order valence-corrected chi connectivity index (χ1v) is 12.7. The van der Waals surface area contributed by atoms with E-state index in [1.165, 1.54) is 5.56 Å². The first-order valence-electron chi connectivity index (χ1n) is 12.0. The first kappa shape index (κ1) is 24.2. The van der Waals surface area contributed by atoms with Gasteiger partial charge in [0.15, 0.2) is 0 Å². The van der Waals surface area contributed by atoms with Crippen molar-refractivity contribution in [3.63, 3.8) is 0 Å². The lowest BCUT2D eigenvalue weighted by Gasteiger charge is -2.23. The van der Waals surface area contributed by atoms with Crippen molar-refractivity contribution in [2.45, 2.75) is 24.8 Å². The zero-order valence-electron chi connectivity index (χ0n) is 19.6. The molecule has 0 saturated carbocycles. The SMILES string of the molecule is O=C(C[C@@H](c1ccc(Cl)c(Cl)c1)c1c[nH]c2ccccc12)N[C@H](Cc1ccccc1)c1ccccc1. The number of carbonyl (C=O) groups excluding carboxylic acids is 1. The topological polar surface area (TPSA) is 44.9 Å². The maximum Gasteiger partial charge on any atom is 0.221 e. The second-order valence-corrected chi connectivity index (χ2v) is 9.75. The maximum atomic E-state index is 13.6. The van der Waals surface area contributed by atoms with Gasteiger partial charge in [-0.3, -0.25) is 4.79 Å². The molecule has 5 rings (SSSR count). The smallest absolute Gasteiger partial charge is 0.221 e. The van der Waals surface area contributed by atoms with Crippen LogP contribution < -0.4 is 5.32 Å². The predicted molar refractivity (Wildman–Crippen MR) is 149 cm³/mol. The largest absolute Gasteiger partial charge is 0.361 e. The monoisotopic (exact) mass is 512 g/mol. The van der Waals surface area contributed by atoms with Gasteiger partial charge in [-0.2, -0.15) is 0 Å². The molecule has 2 N–H and O–H groups in total. The number of hydrogen-bond donors (Lipinski definition) is 2. The van der Waals surface area contributed by atoms with Gasteiger partial charge in [0.25, 0.3) is 0 Å². The quantitative estimate of drug-likeness (QED) is 0.216. The van der Waals surface area contributed by atoms with E-state index in [-0.39, 0.29) is 24.3 Å². The number of amides is 1. The standard InChI is InChI=1S/C31H26Cl2N2O/c32-27-16-15-23(18-28(27)33)25(26-20-34-29-14-8-7-13-24(26)29)19-31(36)35-30(22-11-5-2-6-12-22)17-21-9-3-1-4-10-21/h1-16,18,20,25,30,34H,17,19H2,(H,35,36)/t25-,30+/m0/s1. The molecule has 1 heterocycles. The minimum Gasteiger partial charge on any atom is -0.361 e. The van der Waals surface area contributed by atoms with Crippen molar-refractivity contribution >= 4 is 40.0 Å². The maximum absolute atomic E-state index is 13.6. The molecule has 2 atom stereocenters. The van der Waals surface area contributed by atoms with Crippen LogP contribution in [0.15, 0.2) is 109 Å². The molecular weight excluding hydrogens is 487 g/mol. The number of para-hydroxylation sites is 1. The molecule has 1 amide bonds. The van der Waals surface area contributed by atoms with E-state index in [1.807, 2.05) is 72.9 Å². The highest BCUT2D eigenvalue weighted by Gasteiger charge is 2.24. The van der Waals surface area contributed by atoms with Gasteiger partial charge in [-0.05, 0) is 46.9 Å². The number of rotatable bonds is 8. The van der Waals surface area contributed by atoms with Gasteiger partial charge >= 0.3 is 0 Å². The van der Waals surface area contributed by atoms with Crippen LogP contribution in [-0.2, 0) is 11.2 Å². The first-order chi connectivity index (χ1) is 17.6. The van der Waals surface area contributed by atoms with Crippen LogP contribution in [0.1, 0.15) is 40.6 Å². The number of carbonyl (C=O) groups is 1. The number of aromatic nitrogens is 1. The minimum absolute atomic E-state index is 0.0267. The van der Waals surface area contributed by atoms with Crippen molar-refractivity contribution in [1.82, 2.24) is 10.3 Å². The molecule has 5 heteroatoms. The fourth-order valence-electron chi connectivity index (χ4n) is 4.74. The molecule has 4 aromatic carbocycles. The van der Waals surface area contributed by atoms with Crippen molar-refractivity contribution in [3.8, 4) is 0 Å². The molecule has 3 nitrogen and oxygen atoms in total. The average molecular weight is 513 g/mol. The average Bonchev–Trinajstić information content (AvgIpc) is 3.34. The fourth-order valence-corrected chi connectivity index (χ4v) is 5.05. The van der Waals surface area contributed by atoms with Crippen LogP contribution in [0, 0.1) is 0 Å². The van der Waals surface area contributed by atoms with Gasteiger partial charge in [0, 0.05) is 29.4 Å². The lowest BCUT2D eigenvalue weighted by molar-refractivity contribution is -0.122. The van der Waals surface area contributed by atoms with Crippen molar-refractivity contribution < 1.29 is 4.79 Å². The van der Waals surface area contributed by atoms with Crippen LogP contribution in [0.4, 0.5) is 0 Å². The third-order valence-corrected chi connectivity index (χ3v) is 7.29. The molecule has 0 aliphatic heterocycles. The molecule has 0 unspecified atom stereocenters. The Morgan fingerprint density at radius 1 is 0.778 bits per heavy atom. The molecule has 1 aromatic heterocycles. The molecule has 5 aromatic rings. The fraction of sp³-hybridized carbons (Fsp3) is 0.129. The molecule has 0 saturated heterocycles. The summed E-state index contributed by atoms with van der Waals surface area (Å²) in [7, 11) is 0. The summed E-state index contributed by atoms with van der Waals surface area (Å²) >= 11 is 12.6. The Labute approximate surface area is 221 Å². The zero-order chi connectivity index (χ0) is 24.9. The molecule has 180 valence electrons. The molecular formula is C31H26Cl2N2O. The van der Waals surface area contributed by atoms with Gasteiger partial charge in [0.1, 0.15) is 0 Å². The summed E-state index contributed by atoms with van der Waals surface area (Å²) in [5.41, 5.74) is 5.28. The summed E-state index contributed by atoms with van der Waals surface area (Å²) in [5, 5.41) is 5.37. The normalized spacial score (nSPS) is 12.8.